The number of nitrogens with one attached hydrogen (secondary N) is 2. The number of aromatic amines is 1. The Kier molecular flexibility index (Phi) is 5.19. The van der Waals surface area contributed by atoms with Gasteiger partial charge in [0.1, 0.15) is 23.8 Å². The van der Waals surface area contributed by atoms with Crippen molar-refractivity contribution in [2.45, 2.75) is 39.0 Å². The first-order chi connectivity index (χ1) is 11.9. The Balaban J connectivity index is 1.70. The van der Waals surface area contributed by atoms with E-state index in [2.05, 4.69) is 35.1 Å². The van der Waals surface area contributed by atoms with Crippen molar-refractivity contribution in [1.29, 1.82) is 0 Å². The molecule has 25 heavy (non-hydrogen) atoms. The van der Waals surface area contributed by atoms with E-state index in [9.17, 15) is 5.11 Å². The molecule has 0 aromatic carbocycles. The summed E-state index contributed by atoms with van der Waals surface area (Å²) in [5, 5.41) is 13.3. The van der Waals surface area contributed by atoms with E-state index in [0.717, 1.165) is 41.8 Å². The van der Waals surface area contributed by atoms with Gasteiger partial charge in [-0.25, -0.2) is 15.0 Å². The molecule has 0 amide bonds. The van der Waals surface area contributed by atoms with Crippen molar-refractivity contribution >= 4 is 11.6 Å². The smallest absolute Gasteiger partial charge is 0.134 e. The van der Waals surface area contributed by atoms with E-state index in [4.69, 9.17) is 0 Å². The number of aromatic nitrogens is 4. The van der Waals surface area contributed by atoms with Crippen molar-refractivity contribution in [3.05, 3.63) is 29.6 Å². The number of aliphatic hydroxyl groups excluding tert-OH is 1. The zero-order valence-electron chi connectivity index (χ0n) is 15.3. The Hall–Kier alpha value is -2.19. The molecule has 0 saturated carbocycles. The van der Waals surface area contributed by atoms with Crippen molar-refractivity contribution in [1.82, 2.24) is 24.8 Å². The molecule has 8 heteroatoms. The van der Waals surface area contributed by atoms with Crippen LogP contribution in [0.2, 0.25) is 0 Å². The van der Waals surface area contributed by atoms with Gasteiger partial charge >= 0.3 is 0 Å². The van der Waals surface area contributed by atoms with Gasteiger partial charge in [-0.05, 0) is 34.4 Å². The van der Waals surface area contributed by atoms with E-state index < -0.39 is 0 Å². The number of β-amino-alcohol motifs (C(OH)–C–C–N with tert-alkyl or cyclic N) is 1. The number of nitrogens with zero attached hydrogens (tertiary/aromatic N) is 5. The third kappa shape index (κ3) is 4.26. The predicted octanol–water partition coefficient (Wildman–Crippen LogP) is 0.930. The van der Waals surface area contributed by atoms with E-state index in [1.807, 2.05) is 34.0 Å². The molecule has 0 bridgehead atoms. The van der Waals surface area contributed by atoms with E-state index >= 15 is 0 Å². The summed E-state index contributed by atoms with van der Waals surface area (Å²) in [5.74, 6) is 2.48. The minimum atomic E-state index is -0.314. The van der Waals surface area contributed by atoms with E-state index in [1.54, 1.807) is 6.33 Å². The van der Waals surface area contributed by atoms with Gasteiger partial charge in [-0.2, -0.15) is 0 Å². The maximum Gasteiger partial charge on any atom is 0.134 e. The van der Waals surface area contributed by atoms with Crippen LogP contribution in [0.1, 0.15) is 23.6 Å². The molecule has 1 saturated heterocycles. The average Bonchev–Trinajstić information content (AvgIpc) is 3.07. The molecule has 2 aromatic heterocycles. The minimum absolute atomic E-state index is 0.253. The zero-order chi connectivity index (χ0) is 18.0. The third-order valence-electron chi connectivity index (χ3n) is 4.53. The lowest BCUT2D eigenvalue weighted by Gasteiger charge is -2.27. The van der Waals surface area contributed by atoms with Crippen LogP contribution in [0.25, 0.3) is 0 Å². The van der Waals surface area contributed by atoms with Crippen molar-refractivity contribution in [2.24, 2.45) is 0 Å². The molecule has 1 fully saturated rings. The number of likely N-dealkylation sites (N-methyl/N-ethyl adjacent to an activating group) is 1. The normalized spacial score (nSPS) is 20.5. The van der Waals surface area contributed by atoms with E-state index in [1.165, 1.54) is 0 Å². The monoisotopic (exact) mass is 345 g/mol. The van der Waals surface area contributed by atoms with Crippen LogP contribution < -0.4 is 10.2 Å². The fourth-order valence-corrected chi connectivity index (χ4v) is 3.25. The largest absolute Gasteiger partial charge is 0.391 e. The fourth-order valence-electron chi connectivity index (χ4n) is 3.25. The molecule has 2 atom stereocenters. The Morgan fingerprint density at radius 2 is 2.16 bits per heavy atom. The third-order valence-corrected chi connectivity index (χ3v) is 4.53. The molecule has 2 aromatic rings. The van der Waals surface area contributed by atoms with Gasteiger partial charge in [0.25, 0.3) is 0 Å². The number of H-pyrrole nitrogens is 1. The van der Waals surface area contributed by atoms with Crippen LogP contribution in [0, 0.1) is 13.8 Å². The highest BCUT2D eigenvalue weighted by Crippen LogP contribution is 2.25. The average molecular weight is 345 g/mol. The van der Waals surface area contributed by atoms with Gasteiger partial charge < -0.3 is 25.2 Å². The van der Waals surface area contributed by atoms with Crippen LogP contribution in [-0.4, -0.2) is 69.3 Å². The molecule has 0 unspecified atom stereocenters. The maximum atomic E-state index is 10.1. The first kappa shape index (κ1) is 17.6. The molecule has 3 rings (SSSR count). The lowest BCUT2D eigenvalue weighted by molar-refractivity contribution is 0.191. The van der Waals surface area contributed by atoms with Crippen LogP contribution in [0.15, 0.2) is 12.4 Å². The van der Waals surface area contributed by atoms with Gasteiger partial charge in [0.05, 0.1) is 18.3 Å². The molecule has 136 valence electrons. The number of aliphatic hydroxyl groups is 1. The topological polar surface area (TPSA) is 93.2 Å². The first-order valence-electron chi connectivity index (χ1n) is 8.60. The van der Waals surface area contributed by atoms with Crippen molar-refractivity contribution in [3.63, 3.8) is 0 Å². The molecule has 0 radical (unpaired) electrons. The maximum absolute atomic E-state index is 10.1. The minimum Gasteiger partial charge on any atom is -0.391 e. The van der Waals surface area contributed by atoms with Gasteiger partial charge in [0.15, 0.2) is 0 Å². The lowest BCUT2D eigenvalue weighted by Crippen LogP contribution is -2.38. The predicted molar refractivity (Wildman–Crippen MR) is 97.7 cm³/mol. The van der Waals surface area contributed by atoms with E-state index in [0.29, 0.717) is 13.1 Å². The summed E-state index contributed by atoms with van der Waals surface area (Å²) in [6.45, 7) is 6.06. The van der Waals surface area contributed by atoms with Gasteiger partial charge in [-0.3, -0.25) is 0 Å². The first-order valence-corrected chi connectivity index (χ1v) is 8.60. The quantitative estimate of drug-likeness (QED) is 0.717. The fraction of sp³-hybridized carbons (Fsp3) is 0.588. The van der Waals surface area contributed by atoms with Crippen LogP contribution in [0.4, 0.5) is 11.6 Å². The zero-order valence-corrected chi connectivity index (χ0v) is 15.3. The molecule has 0 aliphatic carbocycles. The number of aryl methyl sites for hydroxylation is 2. The van der Waals surface area contributed by atoms with Gasteiger partial charge in [-0.15, -0.1) is 0 Å². The highest BCUT2D eigenvalue weighted by molar-refractivity contribution is 5.50. The standard InChI is InChI=1S/C17H27N7O/c1-11-12(2)22-16(21-11)7-18-15-6-17(20-10-19-15)24-9-14(25)5-13(24)8-23(3)4/h6,10,13-14,25H,5,7-9H2,1-4H3,(H,21,22)(H,18,19,20)/t13-,14-/m1/s1. The second-order valence-electron chi connectivity index (χ2n) is 6.97. The Bertz CT molecular complexity index is 695. The number of hydrogen-bond donors (Lipinski definition) is 3. The van der Waals surface area contributed by atoms with Crippen LogP contribution in [-0.2, 0) is 6.54 Å². The SMILES string of the molecule is Cc1nc(CNc2cc(N3C[C@H](O)C[C@@H]3CN(C)C)ncn2)[nH]c1C. The Morgan fingerprint density at radius 1 is 1.36 bits per heavy atom. The van der Waals surface area contributed by atoms with Crippen molar-refractivity contribution < 1.29 is 5.11 Å². The van der Waals surface area contributed by atoms with E-state index in [-0.39, 0.29) is 12.1 Å². The molecule has 1 aliphatic heterocycles. The van der Waals surface area contributed by atoms with Gasteiger partial charge in [0.2, 0.25) is 0 Å². The molecule has 3 N–H and O–H groups in total. The van der Waals surface area contributed by atoms with Gasteiger partial charge in [0, 0.05) is 30.9 Å². The number of anilines is 2. The number of hydrogen-bond acceptors (Lipinski definition) is 7. The van der Waals surface area contributed by atoms with Crippen LogP contribution in [0.5, 0.6) is 0 Å². The Morgan fingerprint density at radius 3 is 2.84 bits per heavy atom. The van der Waals surface area contributed by atoms with Crippen LogP contribution in [0.3, 0.4) is 0 Å². The highest BCUT2D eigenvalue weighted by Gasteiger charge is 2.32. The summed E-state index contributed by atoms with van der Waals surface area (Å²) >= 11 is 0. The molecular weight excluding hydrogens is 318 g/mol. The van der Waals surface area contributed by atoms with Gasteiger partial charge in [-0.1, -0.05) is 0 Å². The number of imidazole rings is 1. The molecule has 8 nitrogen and oxygen atoms in total. The van der Waals surface area contributed by atoms with Crippen molar-refractivity contribution in [2.75, 3.05) is 37.4 Å². The molecule has 3 heterocycles. The second kappa shape index (κ2) is 7.37. The second-order valence-corrected chi connectivity index (χ2v) is 6.97. The summed E-state index contributed by atoms with van der Waals surface area (Å²) in [7, 11) is 4.09. The van der Waals surface area contributed by atoms with Crippen LogP contribution >= 0.6 is 0 Å². The lowest BCUT2D eigenvalue weighted by atomic mass is 10.2. The summed E-state index contributed by atoms with van der Waals surface area (Å²) in [5.41, 5.74) is 2.09. The molecule has 1 aliphatic rings. The Labute approximate surface area is 148 Å². The summed E-state index contributed by atoms with van der Waals surface area (Å²) in [6.07, 6.45) is 2.01. The summed E-state index contributed by atoms with van der Waals surface area (Å²) in [4.78, 5) is 20.7. The highest BCUT2D eigenvalue weighted by atomic mass is 16.3. The summed E-state index contributed by atoms with van der Waals surface area (Å²) in [6, 6.07) is 2.19. The molecular formula is C17H27N7O. The number of rotatable bonds is 6. The summed E-state index contributed by atoms with van der Waals surface area (Å²) < 4.78 is 0. The molecule has 0 spiro atoms. The van der Waals surface area contributed by atoms with Crippen molar-refractivity contribution in [3.8, 4) is 0 Å².